The molecule has 1 fully saturated rings. The molecule has 2 amide bonds. The molecular formula is C23H22N6O4. The lowest BCUT2D eigenvalue weighted by atomic mass is 10.2. The zero-order valence-electron chi connectivity index (χ0n) is 17.7. The number of nitrogens with one attached hydrogen (secondary N) is 2. The topological polar surface area (TPSA) is 120 Å². The summed E-state index contributed by atoms with van der Waals surface area (Å²) in [4.78, 5) is 25.8. The maximum absolute atomic E-state index is 12.3. The van der Waals surface area contributed by atoms with Gasteiger partial charge in [0.1, 0.15) is 0 Å². The van der Waals surface area contributed by atoms with Gasteiger partial charge in [0.05, 0.1) is 5.69 Å². The van der Waals surface area contributed by atoms with Crippen LogP contribution >= 0.6 is 0 Å². The molecular weight excluding hydrogens is 424 g/mol. The van der Waals surface area contributed by atoms with Crippen LogP contribution in [0.5, 0.6) is 11.5 Å². The first-order valence-corrected chi connectivity index (χ1v) is 10.7. The number of carbonyl (C=O) groups excluding carboxylic acids is 2. The van der Waals surface area contributed by atoms with E-state index in [0.717, 1.165) is 31.2 Å². The van der Waals surface area contributed by atoms with E-state index in [-0.39, 0.29) is 30.5 Å². The first kappa shape index (κ1) is 20.7. The third-order valence-electron chi connectivity index (χ3n) is 5.50. The molecule has 2 heterocycles. The van der Waals surface area contributed by atoms with Gasteiger partial charge in [-0.05, 0) is 66.1 Å². The van der Waals surface area contributed by atoms with E-state index in [0.29, 0.717) is 22.9 Å². The fraction of sp³-hybridized carbons (Fsp3) is 0.261. The zero-order chi connectivity index (χ0) is 22.6. The van der Waals surface area contributed by atoms with Crippen LogP contribution in [0.2, 0.25) is 0 Å². The van der Waals surface area contributed by atoms with Crippen molar-refractivity contribution in [2.45, 2.75) is 31.7 Å². The summed E-state index contributed by atoms with van der Waals surface area (Å²) in [5, 5.41) is 17.7. The molecule has 1 aromatic heterocycles. The highest BCUT2D eigenvalue weighted by atomic mass is 16.7. The number of tetrazole rings is 1. The number of carbonyl (C=O) groups is 2. The lowest BCUT2D eigenvalue weighted by Crippen LogP contribution is -2.33. The number of rotatable bonds is 6. The van der Waals surface area contributed by atoms with Gasteiger partial charge in [-0.25, -0.2) is 0 Å². The average Bonchev–Trinajstić information content (AvgIpc) is 3.59. The van der Waals surface area contributed by atoms with E-state index in [1.165, 1.54) is 10.9 Å². The summed E-state index contributed by atoms with van der Waals surface area (Å²) < 4.78 is 10.6. The second-order valence-electron chi connectivity index (χ2n) is 7.84. The molecule has 0 unspecified atom stereocenters. The number of benzene rings is 2. The van der Waals surface area contributed by atoms with E-state index in [1.54, 1.807) is 36.4 Å². The highest BCUT2D eigenvalue weighted by molar-refractivity contribution is 6.02. The van der Waals surface area contributed by atoms with Crippen molar-refractivity contribution >= 4 is 23.6 Å². The standard InChI is InChI=1S/C23H22N6O4/c30-21(12-6-15-5-11-19-20(13-15)33-14-32-19)24-17-7-9-18(10-8-17)29-27-22(26-28-29)23(31)25-16-3-1-2-4-16/h5-13,16H,1-4,14H2,(H,24,30)(H,25,31). The van der Waals surface area contributed by atoms with E-state index in [4.69, 9.17) is 9.47 Å². The molecule has 1 aliphatic carbocycles. The quantitative estimate of drug-likeness (QED) is 0.559. The van der Waals surface area contributed by atoms with Crippen LogP contribution in [-0.4, -0.2) is 44.9 Å². The molecule has 0 spiro atoms. The summed E-state index contributed by atoms with van der Waals surface area (Å²) in [6.45, 7) is 0.206. The van der Waals surface area contributed by atoms with Gasteiger partial charge in [-0.3, -0.25) is 9.59 Å². The van der Waals surface area contributed by atoms with Gasteiger partial charge < -0.3 is 20.1 Å². The Morgan fingerprint density at radius 3 is 2.64 bits per heavy atom. The molecule has 0 radical (unpaired) electrons. The number of ether oxygens (including phenoxy) is 2. The van der Waals surface area contributed by atoms with Gasteiger partial charge in [0.25, 0.3) is 11.7 Å². The predicted octanol–water partition coefficient (Wildman–Crippen LogP) is 2.72. The van der Waals surface area contributed by atoms with Crippen molar-refractivity contribution in [2.24, 2.45) is 0 Å². The molecule has 5 rings (SSSR count). The highest BCUT2D eigenvalue weighted by Gasteiger charge is 2.21. The van der Waals surface area contributed by atoms with Crippen molar-refractivity contribution in [1.82, 2.24) is 25.5 Å². The normalized spacial score (nSPS) is 15.2. The molecule has 168 valence electrons. The van der Waals surface area contributed by atoms with Crippen molar-refractivity contribution in [3.8, 4) is 17.2 Å². The second-order valence-corrected chi connectivity index (χ2v) is 7.84. The Bertz CT molecular complexity index is 1200. The highest BCUT2D eigenvalue weighted by Crippen LogP contribution is 2.32. The Morgan fingerprint density at radius 1 is 1.03 bits per heavy atom. The molecule has 10 nitrogen and oxygen atoms in total. The van der Waals surface area contributed by atoms with E-state index < -0.39 is 0 Å². The molecule has 3 aromatic rings. The summed E-state index contributed by atoms with van der Waals surface area (Å²) in [7, 11) is 0. The molecule has 1 saturated carbocycles. The number of aromatic nitrogens is 4. The molecule has 10 heteroatoms. The zero-order valence-corrected chi connectivity index (χ0v) is 17.7. The number of anilines is 1. The van der Waals surface area contributed by atoms with Gasteiger partial charge in [0.15, 0.2) is 11.5 Å². The minimum atomic E-state index is -0.314. The van der Waals surface area contributed by atoms with Crippen LogP contribution in [0.1, 0.15) is 41.9 Å². The van der Waals surface area contributed by atoms with Gasteiger partial charge in [-0.1, -0.05) is 18.9 Å². The Hall–Kier alpha value is -4.21. The molecule has 0 bridgehead atoms. The fourth-order valence-corrected chi connectivity index (χ4v) is 3.79. The van der Waals surface area contributed by atoms with Crippen molar-refractivity contribution in [3.63, 3.8) is 0 Å². The van der Waals surface area contributed by atoms with Crippen molar-refractivity contribution in [1.29, 1.82) is 0 Å². The molecule has 1 aliphatic heterocycles. The fourth-order valence-electron chi connectivity index (χ4n) is 3.79. The van der Waals surface area contributed by atoms with Gasteiger partial charge in [0.2, 0.25) is 12.7 Å². The van der Waals surface area contributed by atoms with E-state index in [2.05, 4.69) is 26.0 Å². The first-order chi connectivity index (χ1) is 16.1. The molecule has 33 heavy (non-hydrogen) atoms. The molecule has 0 saturated heterocycles. The van der Waals surface area contributed by atoms with E-state index in [9.17, 15) is 9.59 Å². The van der Waals surface area contributed by atoms with Gasteiger partial charge in [0, 0.05) is 17.8 Å². The lowest BCUT2D eigenvalue weighted by molar-refractivity contribution is -0.111. The summed E-state index contributed by atoms with van der Waals surface area (Å²) in [6, 6.07) is 12.6. The Balaban J connectivity index is 1.18. The second kappa shape index (κ2) is 9.11. The van der Waals surface area contributed by atoms with Crippen LogP contribution in [0.15, 0.2) is 48.5 Å². The molecule has 0 atom stereocenters. The third kappa shape index (κ3) is 4.84. The van der Waals surface area contributed by atoms with Crippen LogP contribution in [0.4, 0.5) is 5.69 Å². The lowest BCUT2D eigenvalue weighted by Gasteiger charge is -2.08. The smallest absolute Gasteiger partial charge is 0.293 e. The summed E-state index contributed by atoms with van der Waals surface area (Å²) in [5.74, 6) is 0.804. The predicted molar refractivity (Wildman–Crippen MR) is 119 cm³/mol. The maximum atomic E-state index is 12.3. The minimum Gasteiger partial charge on any atom is -0.454 e. The number of nitrogens with zero attached hydrogens (tertiary/aromatic N) is 4. The minimum absolute atomic E-state index is 0.0351. The Kier molecular flexibility index (Phi) is 5.71. The first-order valence-electron chi connectivity index (χ1n) is 10.7. The largest absolute Gasteiger partial charge is 0.454 e. The van der Waals surface area contributed by atoms with Crippen molar-refractivity contribution in [2.75, 3.05) is 12.1 Å². The number of hydrogen-bond acceptors (Lipinski definition) is 7. The number of amides is 2. The molecule has 2 aromatic carbocycles. The van der Waals surface area contributed by atoms with Crippen molar-refractivity contribution in [3.05, 3.63) is 59.9 Å². The average molecular weight is 446 g/mol. The number of fused-ring (bicyclic) bond motifs is 1. The van der Waals surface area contributed by atoms with Gasteiger partial charge in [-0.15, -0.1) is 15.0 Å². The monoisotopic (exact) mass is 446 g/mol. The van der Waals surface area contributed by atoms with Crippen LogP contribution in [0.3, 0.4) is 0 Å². The van der Waals surface area contributed by atoms with Gasteiger partial charge >= 0.3 is 0 Å². The Morgan fingerprint density at radius 2 is 1.82 bits per heavy atom. The number of hydrogen-bond donors (Lipinski definition) is 2. The van der Waals surface area contributed by atoms with Crippen LogP contribution in [0.25, 0.3) is 11.8 Å². The molecule has 2 aliphatic rings. The molecule has 2 N–H and O–H groups in total. The summed E-state index contributed by atoms with van der Waals surface area (Å²) >= 11 is 0. The summed E-state index contributed by atoms with van der Waals surface area (Å²) in [6.07, 6.45) is 7.37. The van der Waals surface area contributed by atoms with Gasteiger partial charge in [-0.2, -0.15) is 0 Å². The van der Waals surface area contributed by atoms with Crippen molar-refractivity contribution < 1.29 is 19.1 Å². The third-order valence-corrected chi connectivity index (χ3v) is 5.50. The van der Waals surface area contributed by atoms with E-state index in [1.807, 2.05) is 12.1 Å². The van der Waals surface area contributed by atoms with E-state index >= 15 is 0 Å². The van der Waals surface area contributed by atoms with Crippen LogP contribution in [-0.2, 0) is 4.79 Å². The SMILES string of the molecule is O=C(C=Cc1ccc2c(c1)OCO2)Nc1ccc(-n2nnc(C(=O)NC3CCCC3)n2)cc1. The summed E-state index contributed by atoms with van der Waals surface area (Å²) in [5.41, 5.74) is 2.06. The van der Waals surface area contributed by atoms with Crippen LogP contribution < -0.4 is 20.1 Å². The maximum Gasteiger partial charge on any atom is 0.293 e. The van der Waals surface area contributed by atoms with Crippen LogP contribution in [0, 0.1) is 0 Å². The Labute approximate surface area is 189 Å².